The van der Waals surface area contributed by atoms with Crippen LogP contribution >= 0.6 is 0 Å². The Balaban J connectivity index is 1.78. The summed E-state index contributed by atoms with van der Waals surface area (Å²) in [5.41, 5.74) is 4.62. The van der Waals surface area contributed by atoms with Crippen LogP contribution in [0.1, 0.15) is 22.8 Å². The molecule has 0 atom stereocenters. The second-order valence-corrected chi connectivity index (χ2v) is 5.97. The standard InChI is InChI=1S/C21H21N3O4/c1-3-28-20(25)14-24-13-16(18-9-4-5-10-19(18)24)12-22-23-21(26)15-7-6-8-17(11-15)27-2/h4-13H,3,14H2,1-2H3,(H,23,26)/b22-12+. The van der Waals surface area contributed by atoms with E-state index in [1.54, 1.807) is 49.1 Å². The van der Waals surface area contributed by atoms with E-state index in [9.17, 15) is 9.59 Å². The highest BCUT2D eigenvalue weighted by Crippen LogP contribution is 2.20. The fourth-order valence-electron chi connectivity index (χ4n) is 2.84. The summed E-state index contributed by atoms with van der Waals surface area (Å²) in [5.74, 6) is -0.0536. The van der Waals surface area contributed by atoms with Crippen LogP contribution in [0.5, 0.6) is 5.75 Å². The summed E-state index contributed by atoms with van der Waals surface area (Å²) < 4.78 is 11.9. The van der Waals surface area contributed by atoms with Crippen molar-refractivity contribution in [3.05, 3.63) is 65.9 Å². The predicted octanol–water partition coefficient (Wildman–Crippen LogP) is 2.98. The van der Waals surface area contributed by atoms with Crippen molar-refractivity contribution in [2.24, 2.45) is 5.10 Å². The Kier molecular flexibility index (Phi) is 6.06. The minimum Gasteiger partial charge on any atom is -0.497 e. The molecule has 2 aromatic carbocycles. The van der Waals surface area contributed by atoms with Gasteiger partial charge < -0.3 is 14.0 Å². The smallest absolute Gasteiger partial charge is 0.325 e. The van der Waals surface area contributed by atoms with E-state index in [-0.39, 0.29) is 18.4 Å². The van der Waals surface area contributed by atoms with Crippen molar-refractivity contribution in [3.8, 4) is 5.75 Å². The van der Waals surface area contributed by atoms with Gasteiger partial charge in [-0.1, -0.05) is 24.3 Å². The molecule has 0 aliphatic carbocycles. The number of rotatable bonds is 7. The van der Waals surface area contributed by atoms with Gasteiger partial charge in [0.05, 0.1) is 19.9 Å². The topological polar surface area (TPSA) is 81.9 Å². The molecule has 1 amide bonds. The third-order valence-corrected chi connectivity index (χ3v) is 4.13. The number of fused-ring (bicyclic) bond motifs is 1. The number of nitrogens with zero attached hydrogens (tertiary/aromatic N) is 2. The zero-order chi connectivity index (χ0) is 19.9. The Morgan fingerprint density at radius 3 is 2.79 bits per heavy atom. The van der Waals surface area contributed by atoms with E-state index in [0.717, 1.165) is 16.5 Å². The summed E-state index contributed by atoms with van der Waals surface area (Å²) >= 11 is 0. The zero-order valence-electron chi connectivity index (χ0n) is 15.7. The van der Waals surface area contributed by atoms with Gasteiger partial charge in [-0.05, 0) is 31.2 Å². The first-order valence-electron chi connectivity index (χ1n) is 8.83. The average molecular weight is 379 g/mol. The van der Waals surface area contributed by atoms with Crippen molar-refractivity contribution < 1.29 is 19.1 Å². The van der Waals surface area contributed by atoms with Crippen molar-refractivity contribution in [2.75, 3.05) is 13.7 Å². The molecule has 7 nitrogen and oxygen atoms in total. The van der Waals surface area contributed by atoms with Gasteiger partial charge in [0, 0.05) is 28.2 Å². The Labute approximate surface area is 162 Å². The van der Waals surface area contributed by atoms with Gasteiger partial charge in [0.2, 0.25) is 0 Å². The lowest BCUT2D eigenvalue weighted by molar-refractivity contribution is -0.143. The Bertz CT molecular complexity index is 1020. The number of benzene rings is 2. The molecule has 0 unspecified atom stereocenters. The maximum absolute atomic E-state index is 12.2. The van der Waals surface area contributed by atoms with Crippen molar-refractivity contribution in [1.29, 1.82) is 0 Å². The summed E-state index contributed by atoms with van der Waals surface area (Å²) in [7, 11) is 1.54. The second kappa shape index (κ2) is 8.85. The van der Waals surface area contributed by atoms with Crippen LogP contribution in [-0.4, -0.2) is 36.4 Å². The average Bonchev–Trinajstić information content (AvgIpc) is 3.05. The quantitative estimate of drug-likeness (QED) is 0.389. The Morgan fingerprint density at radius 2 is 2.00 bits per heavy atom. The molecule has 0 bridgehead atoms. The number of nitrogens with one attached hydrogen (secondary N) is 1. The lowest BCUT2D eigenvalue weighted by atomic mass is 10.2. The normalized spacial score (nSPS) is 10.9. The molecule has 0 radical (unpaired) electrons. The van der Waals surface area contributed by atoms with E-state index in [4.69, 9.17) is 9.47 Å². The lowest BCUT2D eigenvalue weighted by Crippen LogP contribution is -2.17. The third-order valence-electron chi connectivity index (χ3n) is 4.13. The molecule has 0 fully saturated rings. The SMILES string of the molecule is CCOC(=O)Cn1cc(/C=N/NC(=O)c2cccc(OC)c2)c2ccccc21. The number of aromatic nitrogens is 1. The van der Waals surface area contributed by atoms with Crippen LogP contribution in [0.4, 0.5) is 0 Å². The fraction of sp³-hybridized carbons (Fsp3) is 0.190. The minimum absolute atomic E-state index is 0.109. The van der Waals surface area contributed by atoms with Crippen LogP contribution in [0.15, 0.2) is 59.8 Å². The van der Waals surface area contributed by atoms with Crippen molar-refractivity contribution in [2.45, 2.75) is 13.5 Å². The van der Waals surface area contributed by atoms with E-state index < -0.39 is 0 Å². The molecule has 28 heavy (non-hydrogen) atoms. The second-order valence-electron chi connectivity index (χ2n) is 5.97. The molecular formula is C21H21N3O4. The highest BCUT2D eigenvalue weighted by molar-refractivity contribution is 6.01. The third kappa shape index (κ3) is 4.37. The molecule has 0 aliphatic rings. The van der Waals surface area contributed by atoms with Crippen LogP contribution in [0.2, 0.25) is 0 Å². The largest absolute Gasteiger partial charge is 0.497 e. The molecule has 1 heterocycles. The van der Waals surface area contributed by atoms with E-state index in [0.29, 0.717) is 17.9 Å². The lowest BCUT2D eigenvalue weighted by Gasteiger charge is -2.04. The summed E-state index contributed by atoms with van der Waals surface area (Å²) in [6.07, 6.45) is 3.37. The van der Waals surface area contributed by atoms with Crippen LogP contribution in [0.3, 0.4) is 0 Å². The van der Waals surface area contributed by atoms with Gasteiger partial charge >= 0.3 is 5.97 Å². The number of carbonyl (C=O) groups excluding carboxylic acids is 2. The highest BCUT2D eigenvalue weighted by Gasteiger charge is 2.11. The van der Waals surface area contributed by atoms with Crippen LogP contribution in [-0.2, 0) is 16.1 Å². The molecular weight excluding hydrogens is 358 g/mol. The first-order valence-corrected chi connectivity index (χ1v) is 8.83. The van der Waals surface area contributed by atoms with E-state index >= 15 is 0 Å². The molecule has 7 heteroatoms. The van der Waals surface area contributed by atoms with Crippen molar-refractivity contribution in [3.63, 3.8) is 0 Å². The van der Waals surface area contributed by atoms with Crippen molar-refractivity contribution >= 4 is 29.0 Å². The Hall–Kier alpha value is -3.61. The number of hydrogen-bond acceptors (Lipinski definition) is 5. The number of hydrazone groups is 1. The number of para-hydroxylation sites is 1. The zero-order valence-corrected chi connectivity index (χ0v) is 15.7. The number of hydrogen-bond donors (Lipinski definition) is 1. The van der Waals surface area contributed by atoms with Gasteiger partial charge in [-0.25, -0.2) is 5.43 Å². The minimum atomic E-state index is -0.342. The van der Waals surface area contributed by atoms with Gasteiger partial charge in [0.15, 0.2) is 0 Å². The van der Waals surface area contributed by atoms with Crippen LogP contribution in [0.25, 0.3) is 10.9 Å². The molecule has 3 aromatic rings. The number of amides is 1. The highest BCUT2D eigenvalue weighted by atomic mass is 16.5. The maximum atomic E-state index is 12.2. The number of carbonyl (C=O) groups is 2. The maximum Gasteiger partial charge on any atom is 0.325 e. The fourth-order valence-corrected chi connectivity index (χ4v) is 2.84. The van der Waals surface area contributed by atoms with Gasteiger partial charge in [-0.15, -0.1) is 0 Å². The summed E-state index contributed by atoms with van der Waals surface area (Å²) in [5, 5.41) is 4.98. The summed E-state index contributed by atoms with van der Waals surface area (Å²) in [6.45, 7) is 2.22. The van der Waals surface area contributed by atoms with Crippen molar-refractivity contribution in [1.82, 2.24) is 9.99 Å². The molecule has 1 N–H and O–H groups in total. The first-order chi connectivity index (χ1) is 13.6. The predicted molar refractivity (Wildman–Crippen MR) is 107 cm³/mol. The molecule has 3 rings (SSSR count). The Morgan fingerprint density at radius 1 is 1.18 bits per heavy atom. The first kappa shape index (κ1) is 19.2. The van der Waals surface area contributed by atoms with Gasteiger partial charge in [0.1, 0.15) is 12.3 Å². The van der Waals surface area contributed by atoms with Gasteiger partial charge in [-0.3, -0.25) is 9.59 Å². The molecule has 0 spiro atoms. The van der Waals surface area contributed by atoms with E-state index in [1.165, 1.54) is 0 Å². The molecule has 0 saturated heterocycles. The molecule has 0 aliphatic heterocycles. The van der Waals surface area contributed by atoms with E-state index in [1.807, 2.05) is 30.5 Å². The summed E-state index contributed by atoms with van der Waals surface area (Å²) in [6, 6.07) is 14.5. The van der Waals surface area contributed by atoms with Gasteiger partial charge in [0.25, 0.3) is 5.91 Å². The van der Waals surface area contributed by atoms with Gasteiger partial charge in [-0.2, -0.15) is 5.10 Å². The molecule has 0 saturated carbocycles. The number of ether oxygens (including phenoxy) is 2. The van der Waals surface area contributed by atoms with Crippen LogP contribution < -0.4 is 10.2 Å². The number of methoxy groups -OCH3 is 1. The molecule has 1 aromatic heterocycles. The van der Waals surface area contributed by atoms with E-state index in [2.05, 4.69) is 10.5 Å². The number of esters is 1. The van der Waals surface area contributed by atoms with Crippen LogP contribution in [0, 0.1) is 0 Å². The summed E-state index contributed by atoms with van der Waals surface area (Å²) in [4.78, 5) is 24.1. The monoisotopic (exact) mass is 379 g/mol. The molecule has 144 valence electrons.